The topological polar surface area (TPSA) is 41.1 Å². The number of nitrogens with one attached hydrogen (secondary N) is 2. The first-order chi connectivity index (χ1) is 6.83. The first-order valence-electron chi connectivity index (χ1n) is 5.38. The minimum absolute atomic E-state index is 0.190. The van der Waals surface area contributed by atoms with Gasteiger partial charge >= 0.3 is 0 Å². The molecule has 2 N–H and O–H groups in total. The molecule has 1 unspecified atom stereocenters. The third-order valence-corrected chi connectivity index (χ3v) is 3.50. The van der Waals surface area contributed by atoms with Crippen molar-refractivity contribution in [3.8, 4) is 0 Å². The van der Waals surface area contributed by atoms with Crippen LogP contribution in [0.25, 0.3) is 0 Å². The van der Waals surface area contributed by atoms with Gasteiger partial charge in [0.25, 0.3) is 0 Å². The molecule has 82 valence electrons. The van der Waals surface area contributed by atoms with E-state index in [0.29, 0.717) is 11.7 Å². The highest BCUT2D eigenvalue weighted by Gasteiger charge is 2.14. The van der Waals surface area contributed by atoms with Crippen molar-refractivity contribution in [2.24, 2.45) is 5.92 Å². The molecule has 0 saturated carbocycles. The Balaban J connectivity index is 1.96. The molecule has 1 amide bonds. The molecule has 14 heavy (non-hydrogen) atoms. The highest BCUT2D eigenvalue weighted by molar-refractivity contribution is 7.99. The van der Waals surface area contributed by atoms with E-state index in [1.807, 2.05) is 0 Å². The van der Waals surface area contributed by atoms with E-state index in [1.54, 1.807) is 11.8 Å². The molecule has 0 bridgehead atoms. The molecule has 1 aliphatic heterocycles. The van der Waals surface area contributed by atoms with Gasteiger partial charge in [0, 0.05) is 6.54 Å². The maximum Gasteiger partial charge on any atom is 0.230 e. The molecule has 4 heteroatoms. The third-order valence-electron chi connectivity index (χ3n) is 2.33. The highest BCUT2D eigenvalue weighted by atomic mass is 32.2. The van der Waals surface area contributed by atoms with Crippen molar-refractivity contribution in [3.63, 3.8) is 0 Å². The number of hydrogen-bond donors (Lipinski definition) is 2. The second-order valence-corrected chi connectivity index (χ2v) is 4.82. The van der Waals surface area contributed by atoms with Gasteiger partial charge in [-0.3, -0.25) is 4.79 Å². The van der Waals surface area contributed by atoms with Crippen molar-refractivity contribution < 1.29 is 4.79 Å². The lowest BCUT2D eigenvalue weighted by molar-refractivity contribution is -0.118. The Morgan fingerprint density at radius 1 is 1.64 bits per heavy atom. The van der Waals surface area contributed by atoms with E-state index in [1.165, 1.54) is 6.42 Å². The fraction of sp³-hybridized carbons (Fsp3) is 0.900. The molecule has 1 rings (SSSR count). The quantitative estimate of drug-likeness (QED) is 0.647. The van der Waals surface area contributed by atoms with Gasteiger partial charge in [-0.1, -0.05) is 6.92 Å². The molecule has 1 fully saturated rings. The molecule has 0 aromatic carbocycles. The zero-order valence-corrected chi connectivity index (χ0v) is 9.66. The first-order valence-corrected chi connectivity index (χ1v) is 6.53. The Hall–Kier alpha value is -0.220. The first kappa shape index (κ1) is 11.9. The lowest BCUT2D eigenvalue weighted by Gasteiger charge is -2.09. The molecule has 3 nitrogen and oxygen atoms in total. The average molecular weight is 216 g/mol. The number of carbonyl (C=O) groups is 1. The summed E-state index contributed by atoms with van der Waals surface area (Å²) in [6.07, 6.45) is 2.34. The van der Waals surface area contributed by atoms with E-state index < -0.39 is 0 Å². The van der Waals surface area contributed by atoms with E-state index in [0.717, 1.165) is 31.8 Å². The van der Waals surface area contributed by atoms with Crippen molar-refractivity contribution in [1.82, 2.24) is 10.6 Å². The van der Waals surface area contributed by atoms with Gasteiger partial charge in [0.15, 0.2) is 0 Å². The van der Waals surface area contributed by atoms with E-state index >= 15 is 0 Å². The molecule has 0 aliphatic carbocycles. The minimum Gasteiger partial charge on any atom is -0.355 e. The summed E-state index contributed by atoms with van der Waals surface area (Å²) in [5.74, 6) is 2.54. The van der Waals surface area contributed by atoms with E-state index in [2.05, 4.69) is 17.6 Å². The Bertz CT molecular complexity index is 170. The third kappa shape index (κ3) is 4.86. The fourth-order valence-electron chi connectivity index (χ4n) is 1.51. The summed E-state index contributed by atoms with van der Waals surface area (Å²) < 4.78 is 0. The van der Waals surface area contributed by atoms with Crippen LogP contribution in [-0.2, 0) is 4.79 Å². The molecule has 0 aromatic rings. The van der Waals surface area contributed by atoms with Crippen LogP contribution in [-0.4, -0.2) is 37.0 Å². The van der Waals surface area contributed by atoms with Crippen LogP contribution in [0.1, 0.15) is 19.8 Å². The van der Waals surface area contributed by atoms with Crippen LogP contribution in [0.2, 0.25) is 0 Å². The van der Waals surface area contributed by atoms with Crippen LogP contribution in [0.4, 0.5) is 0 Å². The summed E-state index contributed by atoms with van der Waals surface area (Å²) in [6, 6.07) is 0. The standard InChI is InChI=1S/C10H20N2OS/c1-2-5-14-8-10(13)12-7-9-3-4-11-6-9/h9,11H,2-8H2,1H3,(H,12,13). The molecular formula is C10H20N2OS. The zero-order valence-electron chi connectivity index (χ0n) is 8.84. The maximum atomic E-state index is 11.3. The molecule has 0 spiro atoms. The molecule has 1 saturated heterocycles. The summed E-state index contributed by atoms with van der Waals surface area (Å²) in [7, 11) is 0. The highest BCUT2D eigenvalue weighted by Crippen LogP contribution is 2.06. The number of rotatable bonds is 6. The summed E-state index contributed by atoms with van der Waals surface area (Å²) in [4.78, 5) is 11.3. The normalized spacial score (nSPS) is 21.1. The van der Waals surface area contributed by atoms with Crippen molar-refractivity contribution in [3.05, 3.63) is 0 Å². The fourth-order valence-corrected chi connectivity index (χ4v) is 2.23. The van der Waals surface area contributed by atoms with E-state index in [4.69, 9.17) is 0 Å². The maximum absolute atomic E-state index is 11.3. The predicted octanol–water partition coefficient (Wildman–Crippen LogP) is 0.855. The van der Waals surface area contributed by atoms with Gasteiger partial charge in [-0.25, -0.2) is 0 Å². The average Bonchev–Trinajstić information content (AvgIpc) is 2.68. The van der Waals surface area contributed by atoms with Crippen molar-refractivity contribution in [2.75, 3.05) is 31.1 Å². The predicted molar refractivity (Wildman–Crippen MR) is 61.6 cm³/mol. The molecule has 1 aliphatic rings. The minimum atomic E-state index is 0.190. The van der Waals surface area contributed by atoms with Gasteiger partial charge in [0.2, 0.25) is 5.91 Å². The van der Waals surface area contributed by atoms with Crippen molar-refractivity contribution >= 4 is 17.7 Å². The van der Waals surface area contributed by atoms with Gasteiger partial charge in [0.1, 0.15) is 0 Å². The number of hydrogen-bond acceptors (Lipinski definition) is 3. The van der Waals surface area contributed by atoms with Crippen LogP contribution < -0.4 is 10.6 Å². The molecule has 0 aromatic heterocycles. The summed E-state index contributed by atoms with van der Waals surface area (Å²) in [5.41, 5.74) is 0. The van der Waals surface area contributed by atoms with Crippen LogP contribution in [0.15, 0.2) is 0 Å². The second kappa shape index (κ2) is 7.12. The van der Waals surface area contributed by atoms with Gasteiger partial charge < -0.3 is 10.6 Å². The van der Waals surface area contributed by atoms with E-state index in [9.17, 15) is 4.79 Å². The van der Waals surface area contributed by atoms with E-state index in [-0.39, 0.29) is 5.91 Å². The monoisotopic (exact) mass is 216 g/mol. The Labute approximate surface area is 90.4 Å². The van der Waals surface area contributed by atoms with Crippen molar-refractivity contribution in [2.45, 2.75) is 19.8 Å². The Morgan fingerprint density at radius 3 is 3.14 bits per heavy atom. The van der Waals surface area contributed by atoms with Gasteiger partial charge in [-0.2, -0.15) is 11.8 Å². The number of carbonyl (C=O) groups excluding carboxylic acids is 1. The van der Waals surface area contributed by atoms with Crippen LogP contribution in [0.5, 0.6) is 0 Å². The van der Waals surface area contributed by atoms with Crippen LogP contribution in [0.3, 0.4) is 0 Å². The largest absolute Gasteiger partial charge is 0.355 e. The summed E-state index contributed by atoms with van der Waals surface area (Å²) in [5, 5.41) is 6.28. The van der Waals surface area contributed by atoms with Crippen LogP contribution in [0, 0.1) is 5.92 Å². The van der Waals surface area contributed by atoms with Gasteiger partial charge in [-0.15, -0.1) is 0 Å². The number of amides is 1. The summed E-state index contributed by atoms with van der Waals surface area (Å²) in [6.45, 7) is 5.14. The summed E-state index contributed by atoms with van der Waals surface area (Å²) >= 11 is 1.72. The zero-order chi connectivity index (χ0) is 10.2. The van der Waals surface area contributed by atoms with Gasteiger partial charge in [-0.05, 0) is 37.6 Å². The lowest BCUT2D eigenvalue weighted by Crippen LogP contribution is -2.31. The smallest absolute Gasteiger partial charge is 0.230 e. The Morgan fingerprint density at radius 2 is 2.50 bits per heavy atom. The Kier molecular flexibility index (Phi) is 6.03. The lowest BCUT2D eigenvalue weighted by atomic mass is 10.1. The molecular weight excluding hydrogens is 196 g/mol. The second-order valence-electron chi connectivity index (χ2n) is 3.72. The van der Waals surface area contributed by atoms with Gasteiger partial charge in [0.05, 0.1) is 5.75 Å². The molecule has 1 atom stereocenters. The SMILES string of the molecule is CCCSCC(=O)NCC1CCNC1. The van der Waals surface area contributed by atoms with Crippen molar-refractivity contribution in [1.29, 1.82) is 0 Å². The molecule has 1 heterocycles. The van der Waals surface area contributed by atoms with Crippen LogP contribution >= 0.6 is 11.8 Å². The molecule has 0 radical (unpaired) electrons. The number of thioether (sulfide) groups is 1.